The summed E-state index contributed by atoms with van der Waals surface area (Å²) in [5.74, 6) is 0.981. The number of amides is 1. The number of nitrogens with one attached hydrogen (secondary N) is 1. The zero-order valence-corrected chi connectivity index (χ0v) is 19.9. The van der Waals surface area contributed by atoms with Gasteiger partial charge in [0.05, 0.1) is 31.7 Å². The molecular formula is C26H27N5O3. The summed E-state index contributed by atoms with van der Waals surface area (Å²) < 4.78 is 12.3. The maximum Gasteiger partial charge on any atom is 0.253 e. The normalized spacial score (nSPS) is 10.7. The molecule has 0 atom stereocenters. The van der Waals surface area contributed by atoms with Crippen molar-refractivity contribution in [3.8, 4) is 34.0 Å². The Morgan fingerprint density at radius 2 is 1.68 bits per heavy atom. The molecule has 0 saturated carbocycles. The first-order valence-corrected chi connectivity index (χ1v) is 10.8. The molecule has 2 aromatic heterocycles. The summed E-state index contributed by atoms with van der Waals surface area (Å²) in [6, 6.07) is 13.5. The molecule has 0 fully saturated rings. The zero-order valence-electron chi connectivity index (χ0n) is 19.9. The van der Waals surface area contributed by atoms with Gasteiger partial charge in [0.15, 0.2) is 11.5 Å². The Morgan fingerprint density at radius 3 is 2.32 bits per heavy atom. The van der Waals surface area contributed by atoms with Gasteiger partial charge >= 0.3 is 0 Å². The number of methoxy groups -OCH3 is 2. The number of rotatable bonds is 7. The van der Waals surface area contributed by atoms with Gasteiger partial charge in [-0.3, -0.25) is 9.48 Å². The van der Waals surface area contributed by atoms with Gasteiger partial charge in [0.25, 0.3) is 5.91 Å². The van der Waals surface area contributed by atoms with Crippen LogP contribution in [0.25, 0.3) is 22.5 Å². The maximum absolute atomic E-state index is 13.4. The fraction of sp³-hybridized carbons (Fsp3) is 0.231. The molecule has 1 amide bonds. The van der Waals surface area contributed by atoms with Gasteiger partial charge in [0.2, 0.25) is 0 Å². The van der Waals surface area contributed by atoms with Crippen LogP contribution in [0, 0.1) is 13.8 Å². The second-order valence-electron chi connectivity index (χ2n) is 8.14. The number of ether oxygens (including phenoxy) is 2. The van der Waals surface area contributed by atoms with Crippen molar-refractivity contribution in [2.45, 2.75) is 20.4 Å². The third-order valence-electron chi connectivity index (χ3n) is 5.44. The summed E-state index contributed by atoms with van der Waals surface area (Å²) in [6.45, 7) is 4.38. The second-order valence-corrected chi connectivity index (χ2v) is 8.14. The van der Waals surface area contributed by atoms with Crippen LogP contribution >= 0.6 is 0 Å². The van der Waals surface area contributed by atoms with Gasteiger partial charge in [0, 0.05) is 30.9 Å². The molecule has 0 unspecified atom stereocenters. The van der Waals surface area contributed by atoms with Crippen molar-refractivity contribution in [1.29, 1.82) is 0 Å². The van der Waals surface area contributed by atoms with Crippen LogP contribution < -0.4 is 14.8 Å². The molecule has 0 radical (unpaired) electrons. The SMILES string of the molecule is COc1ccc(CNC(=O)c2cc(-c3cc(C)cc(C)c3)nnc2-c2cnn(C)c2)cc1OC. The van der Waals surface area contributed by atoms with Crippen molar-refractivity contribution in [2.24, 2.45) is 7.05 Å². The molecule has 0 spiro atoms. The molecule has 2 aromatic carbocycles. The number of aromatic nitrogens is 4. The Hall–Kier alpha value is -4.20. The summed E-state index contributed by atoms with van der Waals surface area (Å²) in [5.41, 5.74) is 6.29. The number of aryl methyl sites for hydroxylation is 3. The van der Waals surface area contributed by atoms with E-state index in [1.165, 1.54) is 0 Å². The van der Waals surface area contributed by atoms with E-state index >= 15 is 0 Å². The molecule has 8 heteroatoms. The zero-order chi connectivity index (χ0) is 24.2. The van der Waals surface area contributed by atoms with Crippen molar-refractivity contribution >= 4 is 5.91 Å². The second kappa shape index (κ2) is 9.74. The lowest BCUT2D eigenvalue weighted by Crippen LogP contribution is -2.24. The van der Waals surface area contributed by atoms with E-state index in [1.807, 2.05) is 57.4 Å². The molecule has 8 nitrogen and oxygen atoms in total. The predicted molar refractivity (Wildman–Crippen MR) is 130 cm³/mol. The first-order valence-electron chi connectivity index (χ1n) is 10.8. The number of nitrogens with zero attached hydrogens (tertiary/aromatic N) is 4. The van der Waals surface area contributed by atoms with Gasteiger partial charge in [-0.15, -0.1) is 10.2 Å². The van der Waals surface area contributed by atoms with Crippen LogP contribution in [0.3, 0.4) is 0 Å². The molecule has 0 aliphatic carbocycles. The van der Waals surface area contributed by atoms with E-state index < -0.39 is 0 Å². The van der Waals surface area contributed by atoms with Crippen LogP contribution in [-0.4, -0.2) is 40.1 Å². The Labute approximate surface area is 198 Å². The van der Waals surface area contributed by atoms with Crippen molar-refractivity contribution in [1.82, 2.24) is 25.3 Å². The molecule has 0 aliphatic heterocycles. The highest BCUT2D eigenvalue weighted by atomic mass is 16.5. The third-order valence-corrected chi connectivity index (χ3v) is 5.44. The van der Waals surface area contributed by atoms with Gasteiger partial charge in [-0.25, -0.2) is 0 Å². The van der Waals surface area contributed by atoms with Gasteiger partial charge in [-0.05, 0) is 49.7 Å². The first-order chi connectivity index (χ1) is 16.4. The number of hydrogen-bond acceptors (Lipinski definition) is 6. The highest BCUT2D eigenvalue weighted by molar-refractivity contribution is 6.00. The monoisotopic (exact) mass is 457 g/mol. The molecule has 1 N–H and O–H groups in total. The lowest BCUT2D eigenvalue weighted by atomic mass is 10.0. The average molecular weight is 458 g/mol. The lowest BCUT2D eigenvalue weighted by Gasteiger charge is -2.12. The highest BCUT2D eigenvalue weighted by Crippen LogP contribution is 2.28. The molecule has 34 heavy (non-hydrogen) atoms. The standard InChI is InChI=1S/C26H27N5O3/c1-16-8-17(2)10-19(9-16)22-12-21(25(30-29-22)20-14-28-31(3)15-20)26(32)27-13-18-6-7-23(33-4)24(11-18)34-5/h6-12,14-15H,13H2,1-5H3,(H,27,32). The van der Waals surface area contributed by atoms with E-state index in [9.17, 15) is 4.79 Å². The van der Waals surface area contributed by atoms with Crippen molar-refractivity contribution in [3.63, 3.8) is 0 Å². The molecule has 0 aliphatic rings. The van der Waals surface area contributed by atoms with Crippen LogP contribution in [0.1, 0.15) is 27.0 Å². The quantitative estimate of drug-likeness (QED) is 0.449. The van der Waals surface area contributed by atoms with Crippen LogP contribution in [0.4, 0.5) is 0 Å². The van der Waals surface area contributed by atoms with E-state index in [-0.39, 0.29) is 5.91 Å². The van der Waals surface area contributed by atoms with E-state index in [0.29, 0.717) is 35.0 Å². The molecule has 4 rings (SSSR count). The number of carbonyl (C=O) groups is 1. The summed E-state index contributed by atoms with van der Waals surface area (Å²) in [5, 5.41) is 16.1. The molecule has 0 saturated heterocycles. The summed E-state index contributed by atoms with van der Waals surface area (Å²) in [6.07, 6.45) is 3.48. The minimum Gasteiger partial charge on any atom is -0.493 e. The summed E-state index contributed by atoms with van der Waals surface area (Å²) in [4.78, 5) is 13.4. The Morgan fingerprint density at radius 1 is 0.941 bits per heavy atom. The number of benzene rings is 2. The Balaban J connectivity index is 1.68. The summed E-state index contributed by atoms with van der Waals surface area (Å²) >= 11 is 0. The fourth-order valence-electron chi connectivity index (χ4n) is 3.85. The van der Waals surface area contributed by atoms with E-state index in [4.69, 9.17) is 9.47 Å². The van der Waals surface area contributed by atoms with Crippen LogP contribution in [0.15, 0.2) is 54.9 Å². The topological polar surface area (TPSA) is 91.2 Å². The molecule has 174 valence electrons. The van der Waals surface area contributed by atoms with E-state index in [0.717, 1.165) is 27.8 Å². The van der Waals surface area contributed by atoms with Gasteiger partial charge in [-0.1, -0.05) is 23.3 Å². The lowest BCUT2D eigenvalue weighted by molar-refractivity contribution is 0.0951. The largest absolute Gasteiger partial charge is 0.493 e. The minimum absolute atomic E-state index is 0.255. The van der Waals surface area contributed by atoms with Crippen molar-refractivity contribution in [2.75, 3.05) is 14.2 Å². The van der Waals surface area contributed by atoms with Crippen LogP contribution in [0.2, 0.25) is 0 Å². The van der Waals surface area contributed by atoms with Crippen LogP contribution in [-0.2, 0) is 13.6 Å². The molecule has 4 aromatic rings. The number of carbonyl (C=O) groups excluding carboxylic acids is 1. The van der Waals surface area contributed by atoms with Gasteiger partial charge < -0.3 is 14.8 Å². The fourth-order valence-corrected chi connectivity index (χ4v) is 3.85. The van der Waals surface area contributed by atoms with Crippen molar-refractivity contribution in [3.05, 3.63) is 77.1 Å². The highest BCUT2D eigenvalue weighted by Gasteiger charge is 2.19. The smallest absolute Gasteiger partial charge is 0.253 e. The molecule has 0 bridgehead atoms. The van der Waals surface area contributed by atoms with Crippen LogP contribution in [0.5, 0.6) is 11.5 Å². The Kier molecular flexibility index (Phi) is 6.58. The minimum atomic E-state index is -0.255. The Bertz CT molecular complexity index is 1330. The predicted octanol–water partition coefficient (Wildman–Crippen LogP) is 4.11. The summed E-state index contributed by atoms with van der Waals surface area (Å²) in [7, 11) is 4.98. The average Bonchev–Trinajstić information content (AvgIpc) is 3.27. The molecular weight excluding hydrogens is 430 g/mol. The van der Waals surface area contributed by atoms with E-state index in [1.54, 1.807) is 31.2 Å². The number of hydrogen-bond donors (Lipinski definition) is 1. The van der Waals surface area contributed by atoms with Gasteiger partial charge in [0.1, 0.15) is 5.69 Å². The maximum atomic E-state index is 13.4. The van der Waals surface area contributed by atoms with Crippen molar-refractivity contribution < 1.29 is 14.3 Å². The third kappa shape index (κ3) is 4.91. The van der Waals surface area contributed by atoms with E-state index in [2.05, 4.69) is 26.7 Å². The molecule has 2 heterocycles. The van der Waals surface area contributed by atoms with Gasteiger partial charge in [-0.2, -0.15) is 5.10 Å². The first kappa shape index (κ1) is 23.0.